The standard InChI is InChI=1S/C14H20N2O2/c1-15-9-11-5-6-13(18-2)12(8-11)10-16-7-3-4-14(16)17/h5-6,8,15H,3-4,7,9-10H2,1-2H3. The van der Waals surface area contributed by atoms with Crippen LogP contribution in [0.2, 0.25) is 0 Å². The first-order valence-corrected chi connectivity index (χ1v) is 6.32. The SMILES string of the molecule is CNCc1ccc(OC)c(CN2CCCC2=O)c1. The molecule has 4 heteroatoms. The quantitative estimate of drug-likeness (QED) is 0.859. The number of ether oxygens (including phenoxy) is 1. The van der Waals surface area contributed by atoms with E-state index in [1.54, 1.807) is 7.11 Å². The van der Waals surface area contributed by atoms with Crippen molar-refractivity contribution in [1.29, 1.82) is 0 Å². The van der Waals surface area contributed by atoms with Gasteiger partial charge in [-0.2, -0.15) is 0 Å². The van der Waals surface area contributed by atoms with Gasteiger partial charge in [0.1, 0.15) is 5.75 Å². The number of carbonyl (C=O) groups excluding carboxylic acids is 1. The summed E-state index contributed by atoms with van der Waals surface area (Å²) in [6, 6.07) is 6.13. The minimum absolute atomic E-state index is 0.246. The van der Waals surface area contributed by atoms with Crippen molar-refractivity contribution in [2.24, 2.45) is 0 Å². The lowest BCUT2D eigenvalue weighted by Crippen LogP contribution is -2.24. The number of hydrogen-bond acceptors (Lipinski definition) is 3. The molecule has 1 aromatic rings. The number of methoxy groups -OCH3 is 1. The number of benzene rings is 1. The van der Waals surface area contributed by atoms with Gasteiger partial charge in [-0.3, -0.25) is 4.79 Å². The number of hydrogen-bond donors (Lipinski definition) is 1. The Labute approximate surface area is 108 Å². The third-order valence-electron chi connectivity index (χ3n) is 3.26. The van der Waals surface area contributed by atoms with E-state index in [0.717, 1.165) is 30.8 Å². The second-order valence-corrected chi connectivity index (χ2v) is 4.60. The van der Waals surface area contributed by atoms with Gasteiger partial charge in [0.2, 0.25) is 5.91 Å². The Morgan fingerprint density at radius 2 is 2.28 bits per heavy atom. The molecule has 0 spiro atoms. The molecule has 1 aromatic carbocycles. The van der Waals surface area contributed by atoms with Gasteiger partial charge < -0.3 is 15.0 Å². The molecule has 0 aromatic heterocycles. The van der Waals surface area contributed by atoms with E-state index in [1.165, 1.54) is 5.56 Å². The smallest absolute Gasteiger partial charge is 0.222 e. The zero-order valence-corrected chi connectivity index (χ0v) is 11.0. The van der Waals surface area contributed by atoms with Gasteiger partial charge in [-0.15, -0.1) is 0 Å². The monoisotopic (exact) mass is 248 g/mol. The Hall–Kier alpha value is -1.55. The van der Waals surface area contributed by atoms with Crippen molar-refractivity contribution in [1.82, 2.24) is 10.2 Å². The molecule has 18 heavy (non-hydrogen) atoms. The van der Waals surface area contributed by atoms with Crippen molar-refractivity contribution >= 4 is 5.91 Å². The Bertz CT molecular complexity index is 432. The van der Waals surface area contributed by atoms with Gasteiger partial charge in [-0.05, 0) is 31.2 Å². The van der Waals surface area contributed by atoms with Crippen LogP contribution in [0.1, 0.15) is 24.0 Å². The van der Waals surface area contributed by atoms with Crippen LogP contribution in [0.25, 0.3) is 0 Å². The molecule has 1 aliphatic heterocycles. The number of likely N-dealkylation sites (tertiary alicyclic amines) is 1. The minimum Gasteiger partial charge on any atom is -0.496 e. The van der Waals surface area contributed by atoms with Gasteiger partial charge in [0.25, 0.3) is 0 Å². The van der Waals surface area contributed by atoms with Crippen LogP contribution in [-0.2, 0) is 17.9 Å². The van der Waals surface area contributed by atoms with Gasteiger partial charge in [0.05, 0.1) is 7.11 Å². The second kappa shape index (κ2) is 5.87. The van der Waals surface area contributed by atoms with E-state index in [9.17, 15) is 4.79 Å². The summed E-state index contributed by atoms with van der Waals surface area (Å²) < 4.78 is 5.37. The van der Waals surface area contributed by atoms with Crippen LogP contribution in [0.3, 0.4) is 0 Å². The number of nitrogens with zero attached hydrogens (tertiary/aromatic N) is 1. The van der Waals surface area contributed by atoms with Gasteiger partial charge in [-0.25, -0.2) is 0 Å². The zero-order valence-electron chi connectivity index (χ0n) is 11.0. The van der Waals surface area contributed by atoms with Crippen LogP contribution in [0.4, 0.5) is 0 Å². The largest absolute Gasteiger partial charge is 0.496 e. The van der Waals surface area contributed by atoms with E-state index in [0.29, 0.717) is 13.0 Å². The van der Waals surface area contributed by atoms with E-state index in [4.69, 9.17) is 4.74 Å². The van der Waals surface area contributed by atoms with Crippen LogP contribution in [0.5, 0.6) is 5.75 Å². The third kappa shape index (κ3) is 2.82. The molecule has 1 heterocycles. The van der Waals surface area contributed by atoms with Crippen LogP contribution < -0.4 is 10.1 Å². The summed E-state index contributed by atoms with van der Waals surface area (Å²) in [5, 5.41) is 3.13. The summed E-state index contributed by atoms with van der Waals surface area (Å²) in [4.78, 5) is 13.6. The summed E-state index contributed by atoms with van der Waals surface area (Å²) in [5.41, 5.74) is 2.29. The Kier molecular flexibility index (Phi) is 4.20. The van der Waals surface area contributed by atoms with Crippen LogP contribution in [0.15, 0.2) is 18.2 Å². The molecule has 2 rings (SSSR count). The highest BCUT2D eigenvalue weighted by atomic mass is 16.5. The molecule has 0 unspecified atom stereocenters. The third-order valence-corrected chi connectivity index (χ3v) is 3.26. The van der Waals surface area contributed by atoms with Crippen molar-refractivity contribution in [3.63, 3.8) is 0 Å². The summed E-state index contributed by atoms with van der Waals surface area (Å²) in [7, 11) is 3.59. The van der Waals surface area contributed by atoms with Crippen LogP contribution in [0, 0.1) is 0 Å². The van der Waals surface area contributed by atoms with E-state index < -0.39 is 0 Å². The van der Waals surface area contributed by atoms with Crippen molar-refractivity contribution in [2.45, 2.75) is 25.9 Å². The van der Waals surface area contributed by atoms with Crippen LogP contribution in [-0.4, -0.2) is 31.5 Å². The first-order chi connectivity index (χ1) is 8.74. The average molecular weight is 248 g/mol. The molecule has 1 amide bonds. The molecular weight excluding hydrogens is 228 g/mol. The Balaban J connectivity index is 2.18. The number of rotatable bonds is 5. The Morgan fingerprint density at radius 3 is 2.89 bits per heavy atom. The molecule has 98 valence electrons. The fraction of sp³-hybridized carbons (Fsp3) is 0.500. The second-order valence-electron chi connectivity index (χ2n) is 4.60. The summed E-state index contributed by atoms with van der Waals surface area (Å²) in [6.45, 7) is 2.34. The highest BCUT2D eigenvalue weighted by Crippen LogP contribution is 2.23. The zero-order chi connectivity index (χ0) is 13.0. The maximum atomic E-state index is 11.7. The van der Waals surface area contributed by atoms with Crippen molar-refractivity contribution in [3.05, 3.63) is 29.3 Å². The van der Waals surface area contributed by atoms with Gasteiger partial charge >= 0.3 is 0 Å². The summed E-state index contributed by atoms with van der Waals surface area (Å²) >= 11 is 0. The predicted molar refractivity (Wildman–Crippen MR) is 70.4 cm³/mol. The van der Waals surface area contributed by atoms with Gasteiger partial charge in [0, 0.05) is 31.6 Å². The molecule has 4 nitrogen and oxygen atoms in total. The van der Waals surface area contributed by atoms with Crippen LogP contribution >= 0.6 is 0 Å². The molecule has 1 saturated heterocycles. The molecule has 0 saturated carbocycles. The maximum absolute atomic E-state index is 11.7. The molecule has 0 radical (unpaired) electrons. The molecule has 1 fully saturated rings. The fourth-order valence-electron chi connectivity index (χ4n) is 2.35. The lowest BCUT2D eigenvalue weighted by atomic mass is 10.1. The topological polar surface area (TPSA) is 41.6 Å². The van der Waals surface area contributed by atoms with Crippen molar-refractivity contribution in [3.8, 4) is 5.75 Å². The highest BCUT2D eigenvalue weighted by molar-refractivity contribution is 5.78. The molecule has 0 bridgehead atoms. The fourth-order valence-corrected chi connectivity index (χ4v) is 2.35. The number of carbonyl (C=O) groups is 1. The Morgan fingerprint density at radius 1 is 1.44 bits per heavy atom. The molecule has 1 aliphatic rings. The first-order valence-electron chi connectivity index (χ1n) is 6.32. The minimum atomic E-state index is 0.246. The number of amides is 1. The van der Waals surface area contributed by atoms with Crippen molar-refractivity contribution in [2.75, 3.05) is 20.7 Å². The van der Waals surface area contributed by atoms with Crippen molar-refractivity contribution < 1.29 is 9.53 Å². The highest BCUT2D eigenvalue weighted by Gasteiger charge is 2.21. The first kappa shape index (κ1) is 12.9. The van der Waals surface area contributed by atoms with E-state index in [1.807, 2.05) is 24.1 Å². The van der Waals surface area contributed by atoms with E-state index in [-0.39, 0.29) is 5.91 Å². The summed E-state index contributed by atoms with van der Waals surface area (Å²) in [6.07, 6.45) is 1.65. The summed E-state index contributed by atoms with van der Waals surface area (Å²) in [5.74, 6) is 1.10. The molecule has 0 atom stereocenters. The molecule has 1 N–H and O–H groups in total. The van der Waals surface area contributed by atoms with E-state index in [2.05, 4.69) is 11.4 Å². The van der Waals surface area contributed by atoms with Gasteiger partial charge in [-0.1, -0.05) is 6.07 Å². The van der Waals surface area contributed by atoms with Gasteiger partial charge in [0.15, 0.2) is 0 Å². The molecule has 0 aliphatic carbocycles. The maximum Gasteiger partial charge on any atom is 0.222 e. The molecular formula is C14H20N2O2. The predicted octanol–water partition coefficient (Wildman–Crippen LogP) is 1.54. The lowest BCUT2D eigenvalue weighted by Gasteiger charge is -2.18. The van der Waals surface area contributed by atoms with E-state index >= 15 is 0 Å². The normalized spacial score (nSPS) is 15.2. The lowest BCUT2D eigenvalue weighted by molar-refractivity contribution is -0.128. The average Bonchev–Trinajstić information content (AvgIpc) is 2.76. The number of nitrogens with one attached hydrogen (secondary N) is 1.